The van der Waals surface area contributed by atoms with E-state index < -0.39 is 0 Å². The average Bonchev–Trinajstić information content (AvgIpc) is 3.23. The van der Waals surface area contributed by atoms with Crippen LogP contribution in [-0.4, -0.2) is 9.97 Å². The molecule has 0 aliphatic heterocycles. The summed E-state index contributed by atoms with van der Waals surface area (Å²) in [4.78, 5) is 9.55. The van der Waals surface area contributed by atoms with Crippen molar-refractivity contribution >= 4 is 21.9 Å². The Morgan fingerprint density at radius 2 is 1.25 bits per heavy atom. The summed E-state index contributed by atoms with van der Waals surface area (Å²) in [6.07, 6.45) is 0. The molecule has 3 nitrogen and oxygen atoms in total. The molecular formula is C29H20N2O. The Balaban J connectivity index is 1.53. The van der Waals surface area contributed by atoms with Crippen LogP contribution in [0, 0.1) is 6.92 Å². The fourth-order valence-corrected chi connectivity index (χ4v) is 4.33. The molecule has 0 saturated carbocycles. The zero-order chi connectivity index (χ0) is 21.5. The molecule has 3 heteroatoms. The topological polar surface area (TPSA) is 38.9 Å². The Morgan fingerprint density at radius 1 is 0.562 bits per heavy atom. The highest BCUT2D eigenvalue weighted by Crippen LogP contribution is 2.37. The quantitative estimate of drug-likeness (QED) is 0.299. The molecule has 0 aliphatic rings. The molecule has 0 radical (unpaired) electrons. The summed E-state index contributed by atoms with van der Waals surface area (Å²) in [6.45, 7) is 1.95. The Morgan fingerprint density at radius 3 is 2.16 bits per heavy atom. The van der Waals surface area contributed by atoms with Gasteiger partial charge in [-0.05, 0) is 42.3 Å². The summed E-state index contributed by atoms with van der Waals surface area (Å²) in [5.74, 6) is 0.743. The molecule has 6 rings (SSSR count). The molecule has 0 bridgehead atoms. The number of aryl methyl sites for hydroxylation is 1. The van der Waals surface area contributed by atoms with Crippen LogP contribution in [0.5, 0.6) is 0 Å². The van der Waals surface area contributed by atoms with Crippen LogP contribution in [0.25, 0.3) is 55.6 Å². The largest absolute Gasteiger partial charge is 0.456 e. The van der Waals surface area contributed by atoms with Gasteiger partial charge in [-0.15, -0.1) is 0 Å². The van der Waals surface area contributed by atoms with Crippen molar-refractivity contribution in [1.82, 2.24) is 9.97 Å². The van der Waals surface area contributed by atoms with Crippen molar-refractivity contribution in [3.05, 3.63) is 109 Å². The number of furan rings is 1. The number of hydrogen-bond donors (Lipinski definition) is 0. The smallest absolute Gasteiger partial charge is 0.136 e. The highest BCUT2D eigenvalue weighted by molar-refractivity contribution is 6.12. The Hall–Kier alpha value is -4.24. The second-order valence-electron chi connectivity index (χ2n) is 7.91. The van der Waals surface area contributed by atoms with E-state index >= 15 is 0 Å². The van der Waals surface area contributed by atoms with E-state index in [4.69, 9.17) is 14.4 Å². The highest BCUT2D eigenvalue weighted by Gasteiger charge is 2.15. The average molecular weight is 412 g/mol. The third-order valence-electron chi connectivity index (χ3n) is 5.78. The molecule has 0 amide bonds. The third kappa shape index (κ3) is 3.15. The molecule has 0 atom stereocenters. The fourth-order valence-electron chi connectivity index (χ4n) is 4.33. The molecule has 6 aromatic rings. The zero-order valence-electron chi connectivity index (χ0n) is 17.6. The first kappa shape index (κ1) is 18.5. The van der Waals surface area contributed by atoms with Gasteiger partial charge in [-0.25, -0.2) is 9.97 Å². The van der Waals surface area contributed by atoms with Crippen LogP contribution in [0.3, 0.4) is 0 Å². The molecule has 0 spiro atoms. The maximum absolute atomic E-state index is 6.08. The van der Waals surface area contributed by atoms with Crippen molar-refractivity contribution < 1.29 is 4.42 Å². The van der Waals surface area contributed by atoms with E-state index in [1.807, 2.05) is 43.3 Å². The van der Waals surface area contributed by atoms with Crippen molar-refractivity contribution in [3.63, 3.8) is 0 Å². The second-order valence-corrected chi connectivity index (χ2v) is 7.91. The van der Waals surface area contributed by atoms with Gasteiger partial charge in [-0.2, -0.15) is 0 Å². The molecule has 32 heavy (non-hydrogen) atoms. The van der Waals surface area contributed by atoms with Crippen molar-refractivity contribution in [2.75, 3.05) is 0 Å². The normalized spacial score (nSPS) is 11.3. The van der Waals surface area contributed by atoms with Crippen LogP contribution < -0.4 is 0 Å². The van der Waals surface area contributed by atoms with Gasteiger partial charge in [0.15, 0.2) is 0 Å². The van der Waals surface area contributed by atoms with Crippen LogP contribution in [0.4, 0.5) is 0 Å². The van der Waals surface area contributed by atoms with Crippen LogP contribution in [-0.2, 0) is 0 Å². The fraction of sp³-hybridized carbons (Fsp3) is 0.0345. The van der Waals surface area contributed by atoms with E-state index in [1.165, 1.54) is 11.1 Å². The van der Waals surface area contributed by atoms with Crippen LogP contribution in [0.2, 0.25) is 0 Å². The first-order chi connectivity index (χ1) is 15.8. The Labute approximate surface area is 186 Å². The third-order valence-corrected chi connectivity index (χ3v) is 5.78. The lowest BCUT2D eigenvalue weighted by molar-refractivity contribution is 0.669. The number of aromatic nitrogens is 2. The molecule has 0 aliphatic carbocycles. The second kappa shape index (κ2) is 7.47. The first-order valence-electron chi connectivity index (χ1n) is 10.7. The van der Waals surface area contributed by atoms with Gasteiger partial charge >= 0.3 is 0 Å². The van der Waals surface area contributed by atoms with E-state index in [-0.39, 0.29) is 0 Å². The monoisotopic (exact) mass is 412 g/mol. The van der Waals surface area contributed by atoms with Crippen LogP contribution >= 0.6 is 0 Å². The number of benzene rings is 4. The van der Waals surface area contributed by atoms with Crippen molar-refractivity contribution in [1.29, 1.82) is 0 Å². The maximum Gasteiger partial charge on any atom is 0.136 e. The summed E-state index contributed by atoms with van der Waals surface area (Å²) >= 11 is 0. The van der Waals surface area contributed by atoms with Gasteiger partial charge in [0.25, 0.3) is 0 Å². The molecule has 0 unspecified atom stereocenters. The molecule has 0 fully saturated rings. The minimum absolute atomic E-state index is 0.743. The summed E-state index contributed by atoms with van der Waals surface area (Å²) in [5.41, 5.74) is 8.05. The van der Waals surface area contributed by atoms with E-state index in [0.29, 0.717) is 0 Å². The first-order valence-corrected chi connectivity index (χ1v) is 10.7. The summed E-state index contributed by atoms with van der Waals surface area (Å²) < 4.78 is 6.08. The maximum atomic E-state index is 6.08. The lowest BCUT2D eigenvalue weighted by Gasteiger charge is -2.09. The van der Waals surface area contributed by atoms with Gasteiger partial charge in [0.1, 0.15) is 17.0 Å². The Kier molecular flexibility index (Phi) is 4.32. The van der Waals surface area contributed by atoms with Crippen LogP contribution in [0.1, 0.15) is 5.82 Å². The molecule has 0 N–H and O–H groups in total. The SMILES string of the molecule is Cc1nc(-c2cccc(-c3ccccc3)c2)cc(-c2cccc3oc4ccccc4c23)n1. The Bertz CT molecular complexity index is 1580. The van der Waals surface area contributed by atoms with Gasteiger partial charge in [0, 0.05) is 21.9 Å². The molecular weight excluding hydrogens is 392 g/mol. The van der Waals surface area contributed by atoms with E-state index in [2.05, 4.69) is 66.7 Å². The van der Waals surface area contributed by atoms with Gasteiger partial charge in [0.05, 0.1) is 11.4 Å². The van der Waals surface area contributed by atoms with E-state index in [1.54, 1.807) is 0 Å². The standard InChI is InChI=1S/C29H20N2O/c1-19-30-25(22-12-7-11-21(17-22)20-9-3-2-4-10-20)18-26(31-19)23-14-8-16-28-29(23)24-13-5-6-15-27(24)32-28/h2-18H,1H3. The summed E-state index contributed by atoms with van der Waals surface area (Å²) in [7, 11) is 0. The molecule has 0 saturated heterocycles. The lowest BCUT2D eigenvalue weighted by Crippen LogP contribution is -1.95. The minimum atomic E-state index is 0.743. The van der Waals surface area contributed by atoms with Crippen LogP contribution in [0.15, 0.2) is 108 Å². The number of para-hydroxylation sites is 1. The van der Waals surface area contributed by atoms with E-state index in [9.17, 15) is 0 Å². The lowest BCUT2D eigenvalue weighted by atomic mass is 9.99. The van der Waals surface area contributed by atoms with Gasteiger partial charge in [-0.1, -0.05) is 78.9 Å². The van der Waals surface area contributed by atoms with Crippen molar-refractivity contribution in [2.24, 2.45) is 0 Å². The number of nitrogens with zero attached hydrogens (tertiary/aromatic N) is 2. The zero-order valence-corrected chi connectivity index (χ0v) is 17.6. The predicted molar refractivity (Wildman–Crippen MR) is 130 cm³/mol. The van der Waals surface area contributed by atoms with Crippen molar-refractivity contribution in [2.45, 2.75) is 6.92 Å². The van der Waals surface area contributed by atoms with Crippen molar-refractivity contribution in [3.8, 4) is 33.6 Å². The van der Waals surface area contributed by atoms with Gasteiger partial charge in [0.2, 0.25) is 0 Å². The summed E-state index contributed by atoms with van der Waals surface area (Å²) in [5, 5.41) is 2.19. The number of rotatable bonds is 3. The molecule has 152 valence electrons. The molecule has 2 heterocycles. The van der Waals surface area contributed by atoms with E-state index in [0.717, 1.165) is 50.3 Å². The molecule has 2 aromatic heterocycles. The number of fused-ring (bicyclic) bond motifs is 3. The van der Waals surface area contributed by atoms with Gasteiger partial charge in [-0.3, -0.25) is 0 Å². The highest BCUT2D eigenvalue weighted by atomic mass is 16.3. The van der Waals surface area contributed by atoms with Gasteiger partial charge < -0.3 is 4.42 Å². The molecule has 4 aromatic carbocycles. The number of hydrogen-bond acceptors (Lipinski definition) is 3. The minimum Gasteiger partial charge on any atom is -0.456 e. The predicted octanol–water partition coefficient (Wildman–Crippen LogP) is 7.69. The summed E-state index contributed by atoms with van der Waals surface area (Å²) in [6, 6.07) is 35.3.